The molecule has 0 aliphatic carbocycles. The quantitative estimate of drug-likeness (QED) is 0.560. The Morgan fingerprint density at radius 2 is 1.93 bits per heavy atom. The summed E-state index contributed by atoms with van der Waals surface area (Å²) in [6.45, 7) is 5.56. The average Bonchev–Trinajstić information content (AvgIpc) is 2.67. The molecule has 1 aromatic heterocycles. The lowest BCUT2D eigenvalue weighted by Crippen LogP contribution is -2.37. The standard InChI is InChI=1S/C11H20N2S2/c1-3-14-9-5-11-12-6-7-13(11)8-10-15-4-2/h6-7H,3-5,8-10H2,1-2H3/p+1. The Balaban J connectivity index is 2.32. The van der Waals surface area contributed by atoms with Gasteiger partial charge in [0, 0.05) is 11.5 Å². The first-order valence-electron chi connectivity index (χ1n) is 5.59. The molecular weight excluding hydrogens is 224 g/mol. The smallest absolute Gasteiger partial charge is 0.248 e. The van der Waals surface area contributed by atoms with Gasteiger partial charge >= 0.3 is 0 Å². The summed E-state index contributed by atoms with van der Waals surface area (Å²) in [6.07, 6.45) is 5.35. The highest BCUT2D eigenvalue weighted by molar-refractivity contribution is 7.99. The molecule has 86 valence electrons. The van der Waals surface area contributed by atoms with Crippen molar-refractivity contribution in [1.29, 1.82) is 0 Å². The summed E-state index contributed by atoms with van der Waals surface area (Å²) in [6, 6.07) is 0. The molecule has 0 saturated heterocycles. The molecule has 0 spiro atoms. The third-order valence-electron chi connectivity index (χ3n) is 2.22. The number of imidazole rings is 1. The number of thioether (sulfide) groups is 2. The van der Waals surface area contributed by atoms with Crippen LogP contribution >= 0.6 is 23.5 Å². The van der Waals surface area contributed by atoms with Crippen LogP contribution in [0.15, 0.2) is 12.4 Å². The van der Waals surface area contributed by atoms with Gasteiger partial charge in [-0.2, -0.15) is 23.5 Å². The van der Waals surface area contributed by atoms with Crippen LogP contribution in [0, 0.1) is 0 Å². The van der Waals surface area contributed by atoms with Crippen LogP contribution in [0.2, 0.25) is 0 Å². The van der Waals surface area contributed by atoms with Crippen LogP contribution in [0.4, 0.5) is 0 Å². The fourth-order valence-electron chi connectivity index (χ4n) is 1.44. The molecule has 0 fully saturated rings. The molecule has 0 bridgehead atoms. The van der Waals surface area contributed by atoms with Gasteiger partial charge < -0.3 is 0 Å². The van der Waals surface area contributed by atoms with Gasteiger partial charge in [-0.15, -0.1) is 0 Å². The van der Waals surface area contributed by atoms with Crippen molar-refractivity contribution in [2.24, 2.45) is 0 Å². The fraction of sp³-hybridized carbons (Fsp3) is 0.727. The van der Waals surface area contributed by atoms with Gasteiger partial charge in [0.1, 0.15) is 12.4 Å². The molecule has 1 aromatic rings. The number of aromatic nitrogens is 2. The first-order chi connectivity index (χ1) is 7.38. The summed E-state index contributed by atoms with van der Waals surface area (Å²) in [4.78, 5) is 3.33. The van der Waals surface area contributed by atoms with Gasteiger partial charge in [-0.25, -0.2) is 9.55 Å². The van der Waals surface area contributed by atoms with E-state index in [1.165, 1.54) is 28.8 Å². The van der Waals surface area contributed by atoms with E-state index in [0.717, 1.165) is 13.0 Å². The van der Waals surface area contributed by atoms with Crippen molar-refractivity contribution in [2.45, 2.75) is 26.8 Å². The summed E-state index contributed by atoms with van der Waals surface area (Å²) in [7, 11) is 0. The number of nitrogens with zero attached hydrogens (tertiary/aromatic N) is 1. The number of H-pyrrole nitrogens is 1. The third-order valence-corrected chi connectivity index (χ3v) is 4.00. The first-order valence-corrected chi connectivity index (χ1v) is 7.90. The highest BCUT2D eigenvalue weighted by atomic mass is 32.2. The maximum absolute atomic E-state index is 3.33. The molecular formula is C11H21N2S2+. The Morgan fingerprint density at radius 1 is 1.20 bits per heavy atom. The molecule has 0 amide bonds. The van der Waals surface area contributed by atoms with Gasteiger partial charge in [-0.05, 0) is 11.5 Å². The van der Waals surface area contributed by atoms with Crippen LogP contribution in [0.25, 0.3) is 0 Å². The summed E-state index contributed by atoms with van der Waals surface area (Å²) >= 11 is 4.01. The average molecular weight is 245 g/mol. The molecule has 4 heteroatoms. The Labute approximate surface area is 101 Å². The first kappa shape index (κ1) is 13.0. The normalized spacial score (nSPS) is 10.8. The van der Waals surface area contributed by atoms with E-state index in [9.17, 15) is 0 Å². The zero-order valence-electron chi connectivity index (χ0n) is 9.66. The van der Waals surface area contributed by atoms with E-state index in [1.807, 2.05) is 29.7 Å². The number of aryl methyl sites for hydroxylation is 2. The van der Waals surface area contributed by atoms with Crippen LogP contribution < -0.4 is 4.57 Å². The lowest BCUT2D eigenvalue weighted by Gasteiger charge is -2.00. The van der Waals surface area contributed by atoms with E-state index < -0.39 is 0 Å². The summed E-state index contributed by atoms with van der Waals surface area (Å²) in [5.41, 5.74) is 0. The molecule has 1 rings (SSSR count). The minimum atomic E-state index is 1.13. The number of aromatic amines is 1. The number of nitrogens with one attached hydrogen (secondary N) is 1. The van der Waals surface area contributed by atoms with Gasteiger partial charge in [-0.3, -0.25) is 0 Å². The molecule has 1 heterocycles. The van der Waals surface area contributed by atoms with Crippen molar-refractivity contribution >= 4 is 23.5 Å². The minimum Gasteiger partial charge on any atom is -0.248 e. The van der Waals surface area contributed by atoms with Crippen molar-refractivity contribution in [1.82, 2.24) is 4.98 Å². The lowest BCUT2D eigenvalue weighted by atomic mass is 10.4. The van der Waals surface area contributed by atoms with Crippen molar-refractivity contribution in [3.05, 3.63) is 18.2 Å². The Hall–Kier alpha value is -0.0900. The van der Waals surface area contributed by atoms with Crippen LogP contribution in [0.3, 0.4) is 0 Å². The SMILES string of the molecule is CCSCCc1[nH]cc[n+]1CCSCC. The Kier molecular flexibility index (Phi) is 7.01. The largest absolute Gasteiger partial charge is 0.255 e. The van der Waals surface area contributed by atoms with E-state index in [-0.39, 0.29) is 0 Å². The molecule has 0 aromatic carbocycles. The van der Waals surface area contributed by atoms with Gasteiger partial charge in [0.2, 0.25) is 0 Å². The third kappa shape index (κ3) is 4.98. The van der Waals surface area contributed by atoms with Crippen molar-refractivity contribution in [3.63, 3.8) is 0 Å². The molecule has 15 heavy (non-hydrogen) atoms. The van der Waals surface area contributed by atoms with Gasteiger partial charge in [0.05, 0.1) is 13.0 Å². The number of hydrogen-bond acceptors (Lipinski definition) is 2. The molecule has 1 N–H and O–H groups in total. The molecule has 0 aliphatic heterocycles. The topological polar surface area (TPSA) is 19.7 Å². The zero-order valence-corrected chi connectivity index (χ0v) is 11.3. The van der Waals surface area contributed by atoms with E-state index in [4.69, 9.17) is 0 Å². The Morgan fingerprint density at radius 3 is 2.67 bits per heavy atom. The minimum absolute atomic E-state index is 1.13. The summed E-state index contributed by atoms with van der Waals surface area (Å²) < 4.78 is 2.35. The maximum atomic E-state index is 3.33. The van der Waals surface area contributed by atoms with Crippen molar-refractivity contribution < 1.29 is 4.57 Å². The highest BCUT2D eigenvalue weighted by Gasteiger charge is 2.09. The summed E-state index contributed by atoms with van der Waals surface area (Å²) in [5.74, 6) is 6.23. The molecule has 0 aliphatic rings. The van der Waals surface area contributed by atoms with Crippen LogP contribution in [0.5, 0.6) is 0 Å². The zero-order chi connectivity index (χ0) is 10.9. The van der Waals surface area contributed by atoms with Gasteiger partial charge in [0.25, 0.3) is 5.82 Å². The van der Waals surface area contributed by atoms with E-state index in [1.54, 1.807) is 0 Å². The fourth-order valence-corrected chi connectivity index (χ4v) is 2.68. The second kappa shape index (κ2) is 8.11. The van der Waals surface area contributed by atoms with Crippen LogP contribution in [-0.4, -0.2) is 28.0 Å². The molecule has 2 nitrogen and oxygen atoms in total. The number of rotatable bonds is 8. The molecule has 0 radical (unpaired) electrons. The predicted octanol–water partition coefficient (Wildman–Crippen LogP) is 2.35. The molecule has 0 atom stereocenters. The van der Waals surface area contributed by atoms with E-state index >= 15 is 0 Å². The predicted molar refractivity (Wildman–Crippen MR) is 70.7 cm³/mol. The second-order valence-corrected chi connectivity index (χ2v) is 6.03. The number of hydrogen-bond donors (Lipinski definition) is 1. The van der Waals surface area contributed by atoms with Gasteiger partial charge in [0.15, 0.2) is 0 Å². The molecule has 0 unspecified atom stereocenters. The Bertz CT molecular complexity index is 236. The van der Waals surface area contributed by atoms with Crippen LogP contribution in [-0.2, 0) is 13.0 Å². The van der Waals surface area contributed by atoms with Crippen molar-refractivity contribution in [2.75, 3.05) is 23.0 Å². The van der Waals surface area contributed by atoms with Crippen molar-refractivity contribution in [3.8, 4) is 0 Å². The van der Waals surface area contributed by atoms with E-state index in [0.29, 0.717) is 0 Å². The molecule has 0 saturated carbocycles. The highest BCUT2D eigenvalue weighted by Crippen LogP contribution is 2.02. The second-order valence-electron chi connectivity index (χ2n) is 3.24. The monoisotopic (exact) mass is 245 g/mol. The maximum Gasteiger partial charge on any atom is 0.255 e. The lowest BCUT2D eigenvalue weighted by molar-refractivity contribution is -0.698. The summed E-state index contributed by atoms with van der Waals surface area (Å²) in [5, 5.41) is 0. The van der Waals surface area contributed by atoms with Crippen LogP contribution in [0.1, 0.15) is 19.7 Å². The van der Waals surface area contributed by atoms with E-state index in [2.05, 4.69) is 29.6 Å². The van der Waals surface area contributed by atoms with Gasteiger partial charge in [-0.1, -0.05) is 13.8 Å².